The van der Waals surface area contributed by atoms with Crippen molar-refractivity contribution in [2.75, 3.05) is 31.6 Å². The van der Waals surface area contributed by atoms with Gasteiger partial charge in [0.05, 0.1) is 4.88 Å². The van der Waals surface area contributed by atoms with E-state index in [0.717, 1.165) is 16.0 Å². The van der Waals surface area contributed by atoms with Gasteiger partial charge >= 0.3 is 0 Å². The standard InChI is InChI=1S/C24H23FN2O4S/c1-3-27(14-22(28)26-18-8-9-19-20(13-18)31-11-10-30-19)24(29)21-12-15(2)23(32-21)16-4-6-17(25)7-5-16/h4-9,12-13H,3,10-11,14H2,1-2H3,(H,26,28). The smallest absolute Gasteiger partial charge is 0.264 e. The highest BCUT2D eigenvalue weighted by Crippen LogP contribution is 2.34. The molecule has 2 aromatic carbocycles. The Bertz CT molecular complexity index is 1140. The van der Waals surface area contributed by atoms with Crippen LogP contribution in [0.25, 0.3) is 10.4 Å². The minimum absolute atomic E-state index is 0.0768. The van der Waals surface area contributed by atoms with Crippen molar-refractivity contribution in [1.29, 1.82) is 0 Å². The van der Waals surface area contributed by atoms with Crippen LogP contribution in [0.4, 0.5) is 10.1 Å². The first-order valence-electron chi connectivity index (χ1n) is 10.3. The van der Waals surface area contributed by atoms with Crippen LogP contribution in [0.15, 0.2) is 48.5 Å². The van der Waals surface area contributed by atoms with Crippen molar-refractivity contribution in [3.8, 4) is 21.9 Å². The molecule has 0 spiro atoms. The highest BCUT2D eigenvalue weighted by atomic mass is 32.1. The third-order valence-electron chi connectivity index (χ3n) is 5.06. The lowest BCUT2D eigenvalue weighted by Gasteiger charge is -2.21. The van der Waals surface area contributed by atoms with Gasteiger partial charge in [-0.1, -0.05) is 12.1 Å². The second-order valence-electron chi connectivity index (χ2n) is 7.36. The monoisotopic (exact) mass is 454 g/mol. The van der Waals surface area contributed by atoms with Gasteiger partial charge < -0.3 is 19.7 Å². The summed E-state index contributed by atoms with van der Waals surface area (Å²) < 4.78 is 24.3. The Hall–Kier alpha value is -3.39. The number of carbonyl (C=O) groups excluding carboxylic acids is 2. The Morgan fingerprint density at radius 1 is 1.06 bits per heavy atom. The normalized spacial score (nSPS) is 12.3. The zero-order valence-electron chi connectivity index (χ0n) is 17.8. The summed E-state index contributed by atoms with van der Waals surface area (Å²) in [6, 6.07) is 13.2. The van der Waals surface area contributed by atoms with E-state index in [9.17, 15) is 14.0 Å². The number of hydrogen-bond acceptors (Lipinski definition) is 5. The van der Waals surface area contributed by atoms with E-state index >= 15 is 0 Å². The zero-order valence-corrected chi connectivity index (χ0v) is 18.6. The quantitative estimate of drug-likeness (QED) is 0.585. The molecule has 0 bridgehead atoms. The molecule has 6 nitrogen and oxygen atoms in total. The van der Waals surface area contributed by atoms with Gasteiger partial charge in [-0.2, -0.15) is 0 Å². The van der Waals surface area contributed by atoms with Crippen LogP contribution in [0, 0.1) is 12.7 Å². The lowest BCUT2D eigenvalue weighted by Crippen LogP contribution is -2.37. The number of nitrogens with zero attached hydrogens (tertiary/aromatic N) is 1. The maximum atomic E-state index is 13.2. The van der Waals surface area contributed by atoms with Gasteiger partial charge in [-0.25, -0.2) is 4.39 Å². The zero-order chi connectivity index (χ0) is 22.7. The number of aryl methyl sites for hydroxylation is 1. The summed E-state index contributed by atoms with van der Waals surface area (Å²) in [5.74, 6) is 0.403. The van der Waals surface area contributed by atoms with E-state index in [1.54, 1.807) is 30.3 Å². The largest absolute Gasteiger partial charge is 0.486 e. The molecule has 0 atom stereocenters. The Morgan fingerprint density at radius 2 is 1.78 bits per heavy atom. The summed E-state index contributed by atoms with van der Waals surface area (Å²) in [6.07, 6.45) is 0. The molecule has 32 heavy (non-hydrogen) atoms. The third kappa shape index (κ3) is 4.75. The van der Waals surface area contributed by atoms with E-state index < -0.39 is 0 Å². The number of carbonyl (C=O) groups is 2. The number of benzene rings is 2. The number of rotatable bonds is 6. The Labute approximate surface area is 189 Å². The molecule has 0 saturated carbocycles. The van der Waals surface area contributed by atoms with Crippen molar-refractivity contribution in [2.24, 2.45) is 0 Å². The Balaban J connectivity index is 1.44. The third-order valence-corrected chi connectivity index (χ3v) is 6.34. The van der Waals surface area contributed by atoms with Crippen molar-refractivity contribution in [3.05, 3.63) is 64.8 Å². The average molecular weight is 455 g/mol. The molecule has 1 aliphatic heterocycles. The Kier molecular flexibility index (Phi) is 6.41. The van der Waals surface area contributed by atoms with Gasteiger partial charge in [0.25, 0.3) is 5.91 Å². The number of likely N-dealkylation sites (N-methyl/N-ethyl adjacent to an activating group) is 1. The number of nitrogens with one attached hydrogen (secondary N) is 1. The lowest BCUT2D eigenvalue weighted by molar-refractivity contribution is -0.116. The van der Waals surface area contributed by atoms with Crippen molar-refractivity contribution >= 4 is 28.8 Å². The summed E-state index contributed by atoms with van der Waals surface area (Å²) in [7, 11) is 0. The molecular formula is C24H23FN2O4S. The minimum Gasteiger partial charge on any atom is -0.486 e. The minimum atomic E-state index is -0.305. The fraction of sp³-hybridized carbons (Fsp3) is 0.250. The van der Waals surface area contributed by atoms with Crippen LogP contribution in [0.3, 0.4) is 0 Å². The summed E-state index contributed by atoms with van der Waals surface area (Å²) in [6.45, 7) is 5.01. The molecular weight excluding hydrogens is 431 g/mol. The molecule has 0 aliphatic carbocycles. The highest BCUT2D eigenvalue weighted by molar-refractivity contribution is 7.17. The van der Waals surface area contributed by atoms with Gasteiger partial charge in [0.1, 0.15) is 25.6 Å². The molecule has 4 rings (SSSR count). The van der Waals surface area contributed by atoms with E-state index in [4.69, 9.17) is 9.47 Å². The number of ether oxygens (including phenoxy) is 2. The van der Waals surface area contributed by atoms with Crippen molar-refractivity contribution < 1.29 is 23.5 Å². The summed E-state index contributed by atoms with van der Waals surface area (Å²) >= 11 is 1.34. The molecule has 2 amide bonds. The molecule has 166 valence electrons. The maximum Gasteiger partial charge on any atom is 0.264 e. The Morgan fingerprint density at radius 3 is 2.50 bits per heavy atom. The van der Waals surface area contributed by atoms with Gasteiger partial charge in [0.2, 0.25) is 5.91 Å². The van der Waals surface area contributed by atoms with Crippen LogP contribution < -0.4 is 14.8 Å². The molecule has 1 aromatic heterocycles. The van der Waals surface area contributed by atoms with Gasteiger partial charge in [0.15, 0.2) is 11.5 Å². The van der Waals surface area contributed by atoms with Gasteiger partial charge in [-0.15, -0.1) is 11.3 Å². The molecule has 0 saturated heterocycles. The second-order valence-corrected chi connectivity index (χ2v) is 8.41. The SMILES string of the molecule is CCN(CC(=O)Nc1ccc2c(c1)OCCO2)C(=O)c1cc(C)c(-c2ccc(F)cc2)s1. The van der Waals surface area contributed by atoms with Gasteiger partial charge in [0, 0.05) is 23.2 Å². The van der Waals surface area contributed by atoms with Gasteiger partial charge in [-0.05, 0) is 55.3 Å². The molecule has 0 unspecified atom stereocenters. The lowest BCUT2D eigenvalue weighted by atomic mass is 10.1. The molecule has 2 heterocycles. The molecule has 8 heteroatoms. The number of fused-ring (bicyclic) bond motifs is 1. The molecule has 1 aliphatic rings. The highest BCUT2D eigenvalue weighted by Gasteiger charge is 2.21. The van der Waals surface area contributed by atoms with Gasteiger partial charge in [-0.3, -0.25) is 9.59 Å². The average Bonchev–Trinajstić information content (AvgIpc) is 3.19. The fourth-order valence-corrected chi connectivity index (χ4v) is 4.60. The van der Waals surface area contributed by atoms with E-state index in [0.29, 0.717) is 41.8 Å². The molecule has 0 radical (unpaired) electrons. The van der Waals surface area contributed by atoms with Crippen LogP contribution in [0.1, 0.15) is 22.2 Å². The van der Waals surface area contributed by atoms with Crippen LogP contribution >= 0.6 is 11.3 Å². The maximum absolute atomic E-state index is 13.2. The predicted octanol–water partition coefficient (Wildman–Crippen LogP) is 4.73. The number of amides is 2. The number of anilines is 1. The van der Waals surface area contributed by atoms with E-state index in [1.165, 1.54) is 28.4 Å². The number of halogens is 1. The van der Waals surface area contributed by atoms with Crippen LogP contribution in [0.5, 0.6) is 11.5 Å². The summed E-state index contributed by atoms with van der Waals surface area (Å²) in [5, 5.41) is 2.81. The van der Waals surface area contributed by atoms with Crippen molar-refractivity contribution in [3.63, 3.8) is 0 Å². The molecule has 3 aromatic rings. The number of hydrogen-bond donors (Lipinski definition) is 1. The van der Waals surface area contributed by atoms with Crippen LogP contribution in [-0.4, -0.2) is 43.0 Å². The first kappa shape index (κ1) is 21.8. The van der Waals surface area contributed by atoms with E-state index in [1.807, 2.05) is 19.9 Å². The first-order valence-corrected chi connectivity index (χ1v) is 11.1. The number of thiophene rings is 1. The van der Waals surface area contributed by atoms with Crippen LogP contribution in [0.2, 0.25) is 0 Å². The van der Waals surface area contributed by atoms with E-state index in [-0.39, 0.29) is 24.2 Å². The topological polar surface area (TPSA) is 67.9 Å². The van der Waals surface area contributed by atoms with Crippen LogP contribution in [-0.2, 0) is 4.79 Å². The van der Waals surface area contributed by atoms with Crippen molar-refractivity contribution in [1.82, 2.24) is 4.90 Å². The van der Waals surface area contributed by atoms with Crippen molar-refractivity contribution in [2.45, 2.75) is 13.8 Å². The molecule has 0 fully saturated rings. The summed E-state index contributed by atoms with van der Waals surface area (Å²) in [4.78, 5) is 28.6. The predicted molar refractivity (Wildman–Crippen MR) is 122 cm³/mol. The molecule has 1 N–H and O–H groups in total. The first-order chi connectivity index (χ1) is 15.4. The fourth-order valence-electron chi connectivity index (χ4n) is 3.45. The summed E-state index contributed by atoms with van der Waals surface area (Å²) in [5.41, 5.74) is 2.36. The second kappa shape index (κ2) is 9.40. The van der Waals surface area contributed by atoms with E-state index in [2.05, 4.69) is 5.32 Å².